The summed E-state index contributed by atoms with van der Waals surface area (Å²) >= 11 is 3.43. The Morgan fingerprint density at radius 2 is 1.89 bits per heavy atom. The molecule has 3 nitrogen and oxygen atoms in total. The minimum Gasteiger partial charge on any atom is -0.481 e. The van der Waals surface area contributed by atoms with E-state index >= 15 is 0 Å². The highest BCUT2D eigenvalue weighted by atomic mass is 79.9. The molecule has 0 aromatic heterocycles. The molecule has 0 unspecified atom stereocenters. The van der Waals surface area contributed by atoms with Gasteiger partial charge in [0.1, 0.15) is 0 Å². The molecular formula is C14H18BrNO2. The van der Waals surface area contributed by atoms with E-state index in [9.17, 15) is 4.79 Å². The zero-order valence-electron chi connectivity index (χ0n) is 10.5. The van der Waals surface area contributed by atoms with Gasteiger partial charge in [0.15, 0.2) is 0 Å². The molecule has 1 heterocycles. The third-order valence-corrected chi connectivity index (χ3v) is 4.27. The number of anilines is 1. The zero-order chi connectivity index (χ0) is 13.2. The number of hydrogen-bond acceptors (Lipinski definition) is 2. The number of piperidine rings is 1. The summed E-state index contributed by atoms with van der Waals surface area (Å²) in [6.45, 7) is 3.96. The molecular weight excluding hydrogens is 294 g/mol. The molecule has 1 saturated heterocycles. The smallest absolute Gasteiger partial charge is 0.303 e. The second-order valence-electron chi connectivity index (χ2n) is 5.34. The highest BCUT2D eigenvalue weighted by Gasteiger charge is 2.32. The van der Waals surface area contributed by atoms with Crippen molar-refractivity contribution in [3.8, 4) is 0 Å². The average Bonchev–Trinajstić information content (AvgIpc) is 2.30. The van der Waals surface area contributed by atoms with Crippen LogP contribution in [0.3, 0.4) is 0 Å². The SMILES string of the molecule is CC1(CC(=O)O)CCN(c2ccc(Br)cc2)CC1. The van der Waals surface area contributed by atoms with E-state index in [4.69, 9.17) is 5.11 Å². The van der Waals surface area contributed by atoms with Crippen LogP contribution in [0, 0.1) is 5.41 Å². The molecule has 0 aliphatic carbocycles. The standard InChI is InChI=1S/C14H18BrNO2/c1-14(10-13(17)18)6-8-16(9-7-14)12-4-2-11(15)3-5-12/h2-5H,6-10H2,1H3,(H,17,18). The molecule has 1 aromatic rings. The maximum absolute atomic E-state index is 10.8. The molecule has 0 saturated carbocycles. The van der Waals surface area contributed by atoms with Crippen LogP contribution in [0.4, 0.5) is 5.69 Å². The van der Waals surface area contributed by atoms with Crippen LogP contribution in [0.2, 0.25) is 0 Å². The van der Waals surface area contributed by atoms with E-state index in [-0.39, 0.29) is 11.8 Å². The number of benzene rings is 1. The highest BCUT2D eigenvalue weighted by Crippen LogP contribution is 2.36. The average molecular weight is 312 g/mol. The van der Waals surface area contributed by atoms with Crippen molar-refractivity contribution in [2.75, 3.05) is 18.0 Å². The van der Waals surface area contributed by atoms with Crippen molar-refractivity contribution in [1.82, 2.24) is 0 Å². The first-order valence-corrected chi connectivity index (χ1v) is 7.00. The molecule has 0 amide bonds. The lowest BCUT2D eigenvalue weighted by molar-refractivity contribution is -0.139. The molecule has 0 spiro atoms. The Hall–Kier alpha value is -1.03. The van der Waals surface area contributed by atoms with Crippen molar-refractivity contribution in [2.24, 2.45) is 5.41 Å². The molecule has 1 N–H and O–H groups in total. The van der Waals surface area contributed by atoms with E-state index in [1.807, 2.05) is 12.1 Å². The normalized spacial score (nSPS) is 18.7. The van der Waals surface area contributed by atoms with Crippen molar-refractivity contribution < 1.29 is 9.90 Å². The molecule has 1 aliphatic heterocycles. The maximum Gasteiger partial charge on any atom is 0.303 e. The summed E-state index contributed by atoms with van der Waals surface area (Å²) in [5, 5.41) is 8.93. The lowest BCUT2D eigenvalue weighted by Crippen LogP contribution is -2.39. The lowest BCUT2D eigenvalue weighted by Gasteiger charge is -2.39. The first-order valence-electron chi connectivity index (χ1n) is 6.21. The van der Waals surface area contributed by atoms with Gasteiger partial charge in [-0.15, -0.1) is 0 Å². The molecule has 0 bridgehead atoms. The second kappa shape index (κ2) is 5.31. The fourth-order valence-electron chi connectivity index (χ4n) is 2.50. The van der Waals surface area contributed by atoms with Gasteiger partial charge in [-0.1, -0.05) is 22.9 Å². The molecule has 0 atom stereocenters. The molecule has 1 aliphatic rings. The predicted molar refractivity (Wildman–Crippen MR) is 75.9 cm³/mol. The van der Waals surface area contributed by atoms with Crippen molar-refractivity contribution in [2.45, 2.75) is 26.2 Å². The summed E-state index contributed by atoms with van der Waals surface area (Å²) in [7, 11) is 0. The zero-order valence-corrected chi connectivity index (χ0v) is 12.1. The van der Waals surface area contributed by atoms with Gasteiger partial charge in [0.25, 0.3) is 0 Å². The lowest BCUT2D eigenvalue weighted by atomic mass is 9.77. The van der Waals surface area contributed by atoms with Crippen LogP contribution in [-0.2, 0) is 4.79 Å². The summed E-state index contributed by atoms with van der Waals surface area (Å²) < 4.78 is 1.08. The van der Waals surface area contributed by atoms with E-state index in [1.54, 1.807) is 0 Å². The number of halogens is 1. The Balaban J connectivity index is 1.98. The molecule has 1 fully saturated rings. The molecule has 18 heavy (non-hydrogen) atoms. The number of carbonyl (C=O) groups is 1. The summed E-state index contributed by atoms with van der Waals surface area (Å²) in [4.78, 5) is 13.2. The second-order valence-corrected chi connectivity index (χ2v) is 6.26. The summed E-state index contributed by atoms with van der Waals surface area (Å²) in [6.07, 6.45) is 2.16. The Kier molecular flexibility index (Phi) is 3.95. The summed E-state index contributed by atoms with van der Waals surface area (Å²) in [5.74, 6) is -0.686. The van der Waals surface area contributed by atoms with E-state index < -0.39 is 5.97 Å². The van der Waals surface area contributed by atoms with E-state index in [0.717, 1.165) is 30.4 Å². The number of carboxylic acid groups (broad SMARTS) is 1. The topological polar surface area (TPSA) is 40.5 Å². The quantitative estimate of drug-likeness (QED) is 0.928. The van der Waals surface area contributed by atoms with Gasteiger partial charge in [0.2, 0.25) is 0 Å². The maximum atomic E-state index is 10.8. The summed E-state index contributed by atoms with van der Waals surface area (Å²) in [5.41, 5.74) is 1.17. The van der Waals surface area contributed by atoms with Crippen molar-refractivity contribution in [3.05, 3.63) is 28.7 Å². The fraction of sp³-hybridized carbons (Fsp3) is 0.500. The van der Waals surface area contributed by atoms with Gasteiger partial charge >= 0.3 is 5.97 Å². The van der Waals surface area contributed by atoms with Crippen LogP contribution in [0.15, 0.2) is 28.7 Å². The van der Waals surface area contributed by atoms with Crippen LogP contribution in [0.1, 0.15) is 26.2 Å². The van der Waals surface area contributed by atoms with Crippen LogP contribution in [0.25, 0.3) is 0 Å². The van der Waals surface area contributed by atoms with Crippen LogP contribution in [-0.4, -0.2) is 24.2 Å². The monoisotopic (exact) mass is 311 g/mol. The number of nitrogens with zero attached hydrogens (tertiary/aromatic N) is 1. The van der Waals surface area contributed by atoms with E-state index in [1.165, 1.54) is 5.69 Å². The third-order valence-electron chi connectivity index (χ3n) is 3.74. The van der Waals surface area contributed by atoms with Crippen LogP contribution < -0.4 is 4.90 Å². The molecule has 2 rings (SSSR count). The predicted octanol–water partition coefficient (Wildman–Crippen LogP) is 3.53. The van der Waals surface area contributed by atoms with Gasteiger partial charge in [-0.2, -0.15) is 0 Å². The van der Waals surface area contributed by atoms with Gasteiger partial charge in [0.05, 0.1) is 6.42 Å². The van der Waals surface area contributed by atoms with Gasteiger partial charge < -0.3 is 10.0 Å². The number of carboxylic acids is 1. The van der Waals surface area contributed by atoms with E-state index in [2.05, 4.69) is 39.9 Å². The molecule has 1 aromatic carbocycles. The van der Waals surface area contributed by atoms with Crippen molar-refractivity contribution in [3.63, 3.8) is 0 Å². The number of rotatable bonds is 3. The van der Waals surface area contributed by atoms with E-state index in [0.29, 0.717) is 0 Å². The number of aliphatic carboxylic acids is 1. The first-order chi connectivity index (χ1) is 8.48. The largest absolute Gasteiger partial charge is 0.481 e. The first kappa shape index (κ1) is 13.4. The Morgan fingerprint density at radius 3 is 2.39 bits per heavy atom. The number of hydrogen-bond donors (Lipinski definition) is 1. The highest BCUT2D eigenvalue weighted by molar-refractivity contribution is 9.10. The van der Waals surface area contributed by atoms with Gasteiger partial charge in [0, 0.05) is 23.2 Å². The van der Waals surface area contributed by atoms with Gasteiger partial charge in [-0.3, -0.25) is 4.79 Å². The van der Waals surface area contributed by atoms with Gasteiger partial charge in [-0.05, 0) is 42.5 Å². The Morgan fingerprint density at radius 1 is 1.33 bits per heavy atom. The Labute approximate surface area is 116 Å². The van der Waals surface area contributed by atoms with Crippen molar-refractivity contribution in [1.29, 1.82) is 0 Å². The van der Waals surface area contributed by atoms with Crippen LogP contribution in [0.5, 0.6) is 0 Å². The summed E-state index contributed by atoms with van der Waals surface area (Å²) in [6, 6.07) is 8.29. The Bertz CT molecular complexity index is 422. The minimum atomic E-state index is -0.686. The molecule has 98 valence electrons. The fourth-order valence-corrected chi connectivity index (χ4v) is 2.76. The van der Waals surface area contributed by atoms with Gasteiger partial charge in [-0.25, -0.2) is 0 Å². The molecule has 4 heteroatoms. The third kappa shape index (κ3) is 3.25. The van der Waals surface area contributed by atoms with Crippen LogP contribution >= 0.6 is 15.9 Å². The van der Waals surface area contributed by atoms with Crippen molar-refractivity contribution >= 4 is 27.6 Å². The minimum absolute atomic E-state index is 0.0440. The molecule has 0 radical (unpaired) electrons.